The Bertz CT molecular complexity index is 1730. The Kier molecular flexibility index (Phi) is 11.6. The highest BCUT2D eigenvalue weighted by atomic mass is 32.9. The van der Waals surface area contributed by atoms with Crippen molar-refractivity contribution in [1.82, 2.24) is 0 Å². The van der Waals surface area contributed by atoms with Gasteiger partial charge in [-0.3, -0.25) is 9.59 Å². The van der Waals surface area contributed by atoms with Gasteiger partial charge in [0.15, 0.2) is 0 Å². The molecule has 3 aromatic heterocycles. The molecule has 0 amide bonds. The molecule has 0 bridgehead atoms. The first-order valence-electron chi connectivity index (χ1n) is 11.7. The SMILES string of the molecule is COc1ccc(-c2cc(=O)ss2)cc1.COc1ccc(-c2cc(=S)ss2)cc1.O=c1cc(-c2ccc(O)cc2)ss1. The normalized spacial score (nSPS) is 10.1. The molecule has 0 saturated carbocycles. The van der Waals surface area contributed by atoms with E-state index in [0.717, 1.165) is 36.2 Å². The lowest BCUT2D eigenvalue weighted by atomic mass is 10.2. The molecular formula is C29H22O5S7. The second-order valence-electron chi connectivity index (χ2n) is 7.99. The third-order valence-electron chi connectivity index (χ3n) is 5.29. The van der Waals surface area contributed by atoms with Crippen molar-refractivity contribution >= 4 is 74.3 Å². The van der Waals surface area contributed by atoms with Crippen molar-refractivity contribution in [3.8, 4) is 48.6 Å². The molecule has 0 fully saturated rings. The summed E-state index contributed by atoms with van der Waals surface area (Å²) in [6.45, 7) is 0. The summed E-state index contributed by atoms with van der Waals surface area (Å²) in [5, 5.41) is 9.05. The van der Waals surface area contributed by atoms with Gasteiger partial charge in [0.25, 0.3) is 0 Å². The second-order valence-corrected chi connectivity index (χ2v) is 15.2. The average Bonchev–Trinajstić information content (AvgIpc) is 3.76. The Morgan fingerprint density at radius 3 is 1.22 bits per heavy atom. The molecule has 0 aliphatic rings. The van der Waals surface area contributed by atoms with Gasteiger partial charge < -0.3 is 14.6 Å². The Labute approximate surface area is 263 Å². The highest BCUT2D eigenvalue weighted by Gasteiger charge is 2.03. The summed E-state index contributed by atoms with van der Waals surface area (Å²) in [5.74, 6) is 1.95. The van der Waals surface area contributed by atoms with Gasteiger partial charge in [-0.2, -0.15) is 0 Å². The monoisotopic (exact) mass is 674 g/mol. The van der Waals surface area contributed by atoms with Crippen molar-refractivity contribution in [2.45, 2.75) is 0 Å². The molecule has 0 unspecified atom stereocenters. The highest BCUT2D eigenvalue weighted by molar-refractivity contribution is 7.80. The van der Waals surface area contributed by atoms with Crippen molar-refractivity contribution in [3.63, 3.8) is 0 Å². The van der Waals surface area contributed by atoms with Gasteiger partial charge in [0.2, 0.25) is 9.48 Å². The number of hydrogen-bond acceptors (Lipinski definition) is 12. The number of benzene rings is 3. The predicted molar refractivity (Wildman–Crippen MR) is 181 cm³/mol. The molecule has 6 aromatic rings. The predicted octanol–water partition coefficient (Wildman–Crippen LogP) is 9.60. The van der Waals surface area contributed by atoms with Crippen LogP contribution in [-0.2, 0) is 0 Å². The molecular weight excluding hydrogens is 653 g/mol. The van der Waals surface area contributed by atoms with Crippen LogP contribution < -0.4 is 19.0 Å². The Hall–Kier alpha value is -2.97. The largest absolute Gasteiger partial charge is 0.508 e. The smallest absolute Gasteiger partial charge is 0.243 e. The third-order valence-corrected chi connectivity index (χ3v) is 12.6. The van der Waals surface area contributed by atoms with Crippen LogP contribution in [0.3, 0.4) is 0 Å². The lowest BCUT2D eigenvalue weighted by molar-refractivity contribution is 0.415. The number of ether oxygens (including phenoxy) is 2. The van der Waals surface area contributed by atoms with Gasteiger partial charge in [0, 0.05) is 26.8 Å². The van der Waals surface area contributed by atoms with E-state index in [4.69, 9.17) is 26.8 Å². The maximum Gasteiger partial charge on any atom is 0.243 e. The van der Waals surface area contributed by atoms with Crippen molar-refractivity contribution in [2.75, 3.05) is 14.2 Å². The van der Waals surface area contributed by atoms with E-state index >= 15 is 0 Å². The standard InChI is InChI=1S/C10H8O2S2.C10H8OS3.C9H6O2S2/c1-12-8-4-2-7(3-5-8)9-6-10(11)14-13-9;1-11-8-4-2-7(3-5-8)9-6-10(12)14-13-9;10-7-3-1-6(2-4-7)8-5-9(11)13-12-8/h2*2-6H,1H3;1-5,10H. The molecule has 0 spiro atoms. The lowest BCUT2D eigenvalue weighted by Gasteiger charge is -2.00. The minimum Gasteiger partial charge on any atom is -0.508 e. The van der Waals surface area contributed by atoms with Gasteiger partial charge in [-0.05, 0) is 116 Å². The molecule has 210 valence electrons. The Balaban J connectivity index is 0.000000142. The summed E-state index contributed by atoms with van der Waals surface area (Å²) < 4.78 is 11.3. The van der Waals surface area contributed by atoms with Crippen molar-refractivity contribution in [3.05, 3.63) is 114 Å². The molecule has 0 radical (unpaired) electrons. The first-order chi connectivity index (χ1) is 19.8. The van der Waals surface area contributed by atoms with E-state index in [1.165, 1.54) is 51.8 Å². The van der Waals surface area contributed by atoms with Crippen LogP contribution in [0.25, 0.3) is 31.3 Å². The van der Waals surface area contributed by atoms with E-state index in [9.17, 15) is 9.59 Å². The van der Waals surface area contributed by atoms with Crippen LogP contribution in [0.4, 0.5) is 0 Å². The summed E-state index contributed by atoms with van der Waals surface area (Å²) in [4.78, 5) is 25.1. The van der Waals surface area contributed by atoms with Gasteiger partial charge in [-0.25, -0.2) is 0 Å². The zero-order valence-electron chi connectivity index (χ0n) is 21.6. The average molecular weight is 675 g/mol. The van der Waals surface area contributed by atoms with Crippen molar-refractivity contribution < 1.29 is 14.6 Å². The summed E-state index contributed by atoms with van der Waals surface area (Å²) in [7, 11) is 12.1. The van der Waals surface area contributed by atoms with Gasteiger partial charge in [-0.15, -0.1) is 0 Å². The van der Waals surface area contributed by atoms with Gasteiger partial charge in [0.05, 0.1) is 14.2 Å². The van der Waals surface area contributed by atoms with Crippen LogP contribution in [0.15, 0.2) is 101 Å². The molecule has 0 atom stereocenters. The molecule has 3 heterocycles. The van der Waals surface area contributed by atoms with E-state index in [1.807, 2.05) is 54.6 Å². The molecule has 12 heteroatoms. The third kappa shape index (κ3) is 9.27. The molecule has 41 heavy (non-hydrogen) atoms. The fourth-order valence-corrected chi connectivity index (χ4v) is 9.44. The lowest BCUT2D eigenvalue weighted by Crippen LogP contribution is -1.83. The first kappa shape index (κ1) is 31.0. The summed E-state index contributed by atoms with van der Waals surface area (Å²) >= 11 is 5.09. The van der Waals surface area contributed by atoms with Crippen molar-refractivity contribution in [2.24, 2.45) is 0 Å². The second kappa shape index (κ2) is 15.3. The van der Waals surface area contributed by atoms with Gasteiger partial charge >= 0.3 is 0 Å². The number of methoxy groups -OCH3 is 2. The van der Waals surface area contributed by atoms with Crippen LogP contribution in [0.2, 0.25) is 0 Å². The fourth-order valence-electron chi connectivity index (χ4n) is 3.25. The van der Waals surface area contributed by atoms with E-state index < -0.39 is 0 Å². The molecule has 6 rings (SSSR count). The van der Waals surface area contributed by atoms with Crippen molar-refractivity contribution in [1.29, 1.82) is 0 Å². The molecule has 1 N–H and O–H groups in total. The molecule has 5 nitrogen and oxygen atoms in total. The van der Waals surface area contributed by atoms with Crippen LogP contribution in [-0.4, -0.2) is 19.3 Å². The van der Waals surface area contributed by atoms with Crippen LogP contribution >= 0.6 is 74.3 Å². The maximum atomic E-state index is 11.0. The minimum absolute atomic E-state index is 0.0769. The highest BCUT2D eigenvalue weighted by Crippen LogP contribution is 2.30. The zero-order chi connectivity index (χ0) is 29.2. The van der Waals surface area contributed by atoms with Gasteiger partial charge in [-0.1, -0.05) is 53.6 Å². The van der Waals surface area contributed by atoms with Crippen LogP contribution in [0.1, 0.15) is 0 Å². The quantitative estimate of drug-likeness (QED) is 0.145. The first-order valence-corrected chi connectivity index (χ1v) is 18.6. The Morgan fingerprint density at radius 1 is 0.537 bits per heavy atom. The zero-order valence-corrected chi connectivity index (χ0v) is 27.3. The molecule has 0 aliphatic heterocycles. The molecule has 0 aliphatic carbocycles. The van der Waals surface area contributed by atoms with E-state index in [1.54, 1.807) is 71.3 Å². The minimum atomic E-state index is 0.0769. The summed E-state index contributed by atoms with van der Waals surface area (Å²) in [6, 6.07) is 27.9. The number of hydrogen-bond donors (Lipinski definition) is 1. The number of rotatable bonds is 5. The fraction of sp³-hybridized carbons (Fsp3) is 0.0690. The number of aromatic hydroxyl groups is 1. The number of phenolic OH excluding ortho intramolecular Hbond substituents is 1. The maximum absolute atomic E-state index is 11.0. The van der Waals surface area contributed by atoms with E-state index in [2.05, 4.69) is 0 Å². The van der Waals surface area contributed by atoms with Crippen LogP contribution in [0, 0.1) is 3.82 Å². The summed E-state index contributed by atoms with van der Waals surface area (Å²) in [5.41, 5.74) is 3.23. The van der Waals surface area contributed by atoms with E-state index in [-0.39, 0.29) is 15.2 Å². The Morgan fingerprint density at radius 2 is 0.902 bits per heavy atom. The molecule has 3 aromatic carbocycles. The van der Waals surface area contributed by atoms with Crippen LogP contribution in [0.5, 0.6) is 17.2 Å². The molecule has 0 saturated heterocycles. The topological polar surface area (TPSA) is 72.8 Å². The number of phenols is 1. The summed E-state index contributed by atoms with van der Waals surface area (Å²) in [6.07, 6.45) is 0. The van der Waals surface area contributed by atoms with E-state index in [0.29, 0.717) is 0 Å². The van der Waals surface area contributed by atoms with Gasteiger partial charge in [0.1, 0.15) is 21.1 Å².